The van der Waals surface area contributed by atoms with Crippen LogP contribution < -0.4 is 16.8 Å². The smallest absolute Gasteiger partial charge is 0.343 e. The number of nitrogens with two attached hydrogens (primary N) is 2. The molecule has 0 rings (SSSR count). The van der Waals surface area contributed by atoms with Crippen LogP contribution in [0.1, 0.15) is 0 Å². The molecular weight excluding hydrogens is 175 g/mol. The van der Waals surface area contributed by atoms with Gasteiger partial charge in [0, 0.05) is 13.1 Å². The van der Waals surface area contributed by atoms with E-state index in [0.717, 1.165) is 0 Å². The zero-order chi connectivity index (χ0) is 9.78. The molecule has 0 fully saturated rings. The van der Waals surface area contributed by atoms with Crippen molar-refractivity contribution < 1.29 is 18.0 Å². The van der Waals surface area contributed by atoms with Gasteiger partial charge in [-0.2, -0.15) is 13.2 Å². The van der Waals surface area contributed by atoms with Gasteiger partial charge >= 0.3 is 12.1 Å². The van der Waals surface area contributed by atoms with Gasteiger partial charge in [-0.25, -0.2) is 0 Å². The topological polar surface area (TPSA) is 81.1 Å². The van der Waals surface area contributed by atoms with Gasteiger partial charge in [0.05, 0.1) is 6.04 Å². The van der Waals surface area contributed by atoms with Crippen LogP contribution in [0.15, 0.2) is 0 Å². The standard InChI is InChI=1S/C5H10F3N3O/c6-5(7,8)4(12)11-3(1-9)2-10/h3H,1-2,9-10H2,(H,11,12). The summed E-state index contributed by atoms with van der Waals surface area (Å²) in [7, 11) is 0. The van der Waals surface area contributed by atoms with Gasteiger partial charge in [0.1, 0.15) is 0 Å². The molecule has 12 heavy (non-hydrogen) atoms. The van der Waals surface area contributed by atoms with Crippen LogP contribution in [-0.2, 0) is 4.79 Å². The highest BCUT2D eigenvalue weighted by Gasteiger charge is 2.39. The lowest BCUT2D eigenvalue weighted by molar-refractivity contribution is -0.174. The minimum Gasteiger partial charge on any atom is -0.343 e. The molecule has 0 radical (unpaired) electrons. The Morgan fingerprint density at radius 2 is 1.75 bits per heavy atom. The van der Waals surface area contributed by atoms with Gasteiger partial charge in [-0.3, -0.25) is 4.79 Å². The molecule has 0 bridgehead atoms. The second kappa shape index (κ2) is 4.27. The van der Waals surface area contributed by atoms with Crippen molar-refractivity contribution in [2.45, 2.75) is 12.2 Å². The van der Waals surface area contributed by atoms with Crippen molar-refractivity contribution in [1.29, 1.82) is 0 Å². The first-order chi connectivity index (χ1) is 5.41. The van der Waals surface area contributed by atoms with Crippen LogP contribution in [0.4, 0.5) is 13.2 Å². The van der Waals surface area contributed by atoms with E-state index in [1.54, 1.807) is 5.32 Å². The van der Waals surface area contributed by atoms with Crippen LogP contribution in [0.2, 0.25) is 0 Å². The third kappa shape index (κ3) is 3.54. The maximum Gasteiger partial charge on any atom is 0.471 e. The van der Waals surface area contributed by atoms with Crippen LogP contribution in [0, 0.1) is 0 Å². The maximum atomic E-state index is 11.6. The molecule has 0 atom stereocenters. The van der Waals surface area contributed by atoms with E-state index >= 15 is 0 Å². The molecule has 0 aromatic heterocycles. The molecule has 72 valence electrons. The summed E-state index contributed by atoms with van der Waals surface area (Å²) in [4.78, 5) is 10.2. The lowest BCUT2D eigenvalue weighted by atomic mass is 10.3. The van der Waals surface area contributed by atoms with E-state index in [2.05, 4.69) is 0 Å². The molecule has 0 aromatic carbocycles. The molecule has 0 spiro atoms. The Bertz CT molecular complexity index is 155. The Kier molecular flexibility index (Phi) is 3.98. The summed E-state index contributed by atoms with van der Waals surface area (Å²) in [6, 6.07) is -0.820. The Morgan fingerprint density at radius 3 is 2.00 bits per heavy atom. The van der Waals surface area contributed by atoms with Crippen molar-refractivity contribution in [3.8, 4) is 0 Å². The van der Waals surface area contributed by atoms with Crippen molar-refractivity contribution in [2.75, 3.05) is 13.1 Å². The average Bonchev–Trinajstić information content (AvgIpc) is 1.97. The normalized spacial score (nSPS) is 11.8. The van der Waals surface area contributed by atoms with Crippen molar-refractivity contribution >= 4 is 5.91 Å². The molecular formula is C5H10F3N3O. The van der Waals surface area contributed by atoms with E-state index in [-0.39, 0.29) is 13.1 Å². The van der Waals surface area contributed by atoms with Gasteiger partial charge in [0.2, 0.25) is 0 Å². The number of alkyl halides is 3. The quantitative estimate of drug-likeness (QED) is 0.524. The fourth-order valence-electron chi connectivity index (χ4n) is 0.481. The first-order valence-electron chi connectivity index (χ1n) is 3.19. The fraction of sp³-hybridized carbons (Fsp3) is 0.800. The van der Waals surface area contributed by atoms with E-state index in [1.165, 1.54) is 0 Å². The summed E-state index contributed by atoms with van der Waals surface area (Å²) in [5, 5.41) is 1.64. The Hall–Kier alpha value is -0.820. The lowest BCUT2D eigenvalue weighted by Crippen LogP contribution is -2.49. The van der Waals surface area contributed by atoms with Gasteiger partial charge in [-0.05, 0) is 0 Å². The second-order valence-corrected chi connectivity index (χ2v) is 2.14. The van der Waals surface area contributed by atoms with Gasteiger partial charge in [-0.1, -0.05) is 0 Å². The molecule has 0 saturated carbocycles. The van der Waals surface area contributed by atoms with E-state index < -0.39 is 18.1 Å². The van der Waals surface area contributed by atoms with Crippen molar-refractivity contribution in [3.05, 3.63) is 0 Å². The molecule has 0 aliphatic heterocycles. The number of carbonyl (C=O) groups excluding carboxylic acids is 1. The van der Waals surface area contributed by atoms with E-state index in [9.17, 15) is 18.0 Å². The minimum atomic E-state index is -4.87. The third-order valence-electron chi connectivity index (χ3n) is 1.16. The molecule has 0 heterocycles. The zero-order valence-corrected chi connectivity index (χ0v) is 6.19. The maximum absolute atomic E-state index is 11.6. The number of halogens is 3. The second-order valence-electron chi connectivity index (χ2n) is 2.14. The predicted octanol–water partition coefficient (Wildman–Crippen LogP) is -1.05. The monoisotopic (exact) mass is 185 g/mol. The number of hydrogen-bond donors (Lipinski definition) is 3. The molecule has 0 aliphatic rings. The zero-order valence-electron chi connectivity index (χ0n) is 6.19. The molecule has 1 amide bonds. The van der Waals surface area contributed by atoms with E-state index in [0.29, 0.717) is 0 Å². The Balaban J connectivity index is 3.99. The summed E-state index contributed by atoms with van der Waals surface area (Å²) in [5.41, 5.74) is 10.0. The lowest BCUT2D eigenvalue weighted by Gasteiger charge is -2.15. The fourth-order valence-corrected chi connectivity index (χ4v) is 0.481. The number of amides is 1. The Morgan fingerprint density at radius 1 is 1.33 bits per heavy atom. The first-order valence-corrected chi connectivity index (χ1v) is 3.19. The van der Waals surface area contributed by atoms with Crippen molar-refractivity contribution in [1.82, 2.24) is 5.32 Å². The SMILES string of the molecule is NCC(CN)NC(=O)C(F)(F)F. The number of hydrogen-bond acceptors (Lipinski definition) is 3. The van der Waals surface area contributed by atoms with Gasteiger partial charge in [0.15, 0.2) is 0 Å². The molecule has 0 saturated heterocycles. The Labute approximate surface area is 67.1 Å². The molecule has 7 heteroatoms. The molecule has 0 aromatic rings. The van der Waals surface area contributed by atoms with Gasteiger partial charge < -0.3 is 16.8 Å². The van der Waals surface area contributed by atoms with Gasteiger partial charge in [-0.15, -0.1) is 0 Å². The summed E-state index contributed by atoms with van der Waals surface area (Å²) in [6.07, 6.45) is -4.87. The van der Waals surface area contributed by atoms with Crippen molar-refractivity contribution in [2.24, 2.45) is 11.5 Å². The van der Waals surface area contributed by atoms with E-state index in [1.807, 2.05) is 0 Å². The molecule has 0 unspecified atom stereocenters. The summed E-state index contributed by atoms with van der Waals surface area (Å²) in [5.74, 6) is -2.01. The molecule has 0 aliphatic carbocycles. The highest BCUT2D eigenvalue weighted by Crippen LogP contribution is 2.14. The van der Waals surface area contributed by atoms with E-state index in [4.69, 9.17) is 11.5 Å². The van der Waals surface area contributed by atoms with Crippen LogP contribution in [-0.4, -0.2) is 31.2 Å². The minimum absolute atomic E-state index is 0.113. The van der Waals surface area contributed by atoms with Crippen LogP contribution in [0.3, 0.4) is 0 Å². The van der Waals surface area contributed by atoms with Crippen LogP contribution in [0.5, 0.6) is 0 Å². The number of carbonyl (C=O) groups is 1. The predicted molar refractivity (Wildman–Crippen MR) is 36.1 cm³/mol. The van der Waals surface area contributed by atoms with Crippen molar-refractivity contribution in [3.63, 3.8) is 0 Å². The summed E-state index contributed by atoms with van der Waals surface area (Å²) in [6.45, 7) is -0.226. The van der Waals surface area contributed by atoms with Crippen LogP contribution in [0.25, 0.3) is 0 Å². The summed E-state index contributed by atoms with van der Waals surface area (Å²) >= 11 is 0. The molecule has 5 N–H and O–H groups in total. The summed E-state index contributed by atoms with van der Waals surface area (Å²) < 4.78 is 34.8. The van der Waals surface area contributed by atoms with Crippen LogP contribution >= 0.6 is 0 Å². The largest absolute Gasteiger partial charge is 0.471 e. The molecule has 4 nitrogen and oxygen atoms in total. The first kappa shape index (κ1) is 11.2. The van der Waals surface area contributed by atoms with Gasteiger partial charge in [0.25, 0.3) is 0 Å². The average molecular weight is 185 g/mol. The number of nitrogens with one attached hydrogen (secondary N) is 1. The highest BCUT2D eigenvalue weighted by atomic mass is 19.4. The number of rotatable bonds is 3. The highest BCUT2D eigenvalue weighted by molar-refractivity contribution is 5.81. The third-order valence-corrected chi connectivity index (χ3v) is 1.16.